The van der Waals surface area contributed by atoms with E-state index in [-0.39, 0.29) is 21.7 Å². The van der Waals surface area contributed by atoms with Crippen molar-refractivity contribution >= 4 is 102 Å². The van der Waals surface area contributed by atoms with E-state index < -0.39 is 6.71 Å². The predicted molar refractivity (Wildman–Crippen MR) is 599 cm³/mol. The van der Waals surface area contributed by atoms with Gasteiger partial charge in [-0.05, 0) is 298 Å². The summed E-state index contributed by atoms with van der Waals surface area (Å²) in [5, 5.41) is 2.32. The zero-order valence-corrected chi connectivity index (χ0v) is 83.5. The normalized spacial score (nSPS) is 12.5. The summed E-state index contributed by atoms with van der Waals surface area (Å²) in [7, 11) is 0. The largest absolute Gasteiger partial charge is 0.310 e. The highest BCUT2D eigenvalue weighted by Crippen LogP contribution is 2.57. The van der Waals surface area contributed by atoms with Crippen molar-refractivity contribution in [1.29, 1.82) is 0 Å². The summed E-state index contributed by atoms with van der Waals surface area (Å²) in [4.78, 5) is 10.6. The molecule has 5 heteroatoms. The molecule has 0 fully saturated rings. The molecule has 0 amide bonds. The van der Waals surface area contributed by atoms with E-state index in [2.05, 4.69) is 551 Å². The minimum Gasteiger partial charge on any atom is -0.310 e. The number of rotatable bonds is 17. The second kappa shape index (κ2) is 35.7. The first kappa shape index (κ1) is 90.2. The van der Waals surface area contributed by atoms with Crippen molar-refractivity contribution in [3.8, 4) is 100 Å². The molecule has 0 unspecified atom stereocenters. The Morgan fingerprint density at radius 2 is 0.489 bits per heavy atom. The SMILES string of the molecule is Cc1cc(C)c(N(c2ccccc2)c2ccc3c(c2)N(c2c(-c4cccc(-c5ccc(C(C)(C)C)cc5)c4)cccc2-c2cccc(-c4ccc(C(C)(C)C)cc4)c2)c2cc(-c4cccc5ccccc45)cc4c2B3c2ccc(N(c3ccccc3)c3c(C)cc(C)cc3C)cc2N4c2c(-c3cccc(-c4ccc(C(C)(C)C)cc4)c3)cccc2-c2cccc(-c3ccc(C(C)(C)C)cc3)c2)c(C)c1. The van der Waals surface area contributed by atoms with Crippen LogP contribution >= 0.6 is 0 Å². The highest BCUT2D eigenvalue weighted by atomic mass is 15.2. The molecule has 2 aliphatic rings. The average molecular weight is 1800 g/mol. The van der Waals surface area contributed by atoms with Crippen molar-refractivity contribution < 1.29 is 0 Å². The molecule has 139 heavy (non-hydrogen) atoms. The summed E-state index contributed by atoms with van der Waals surface area (Å²) in [6, 6.07) is 157. The number of hydrogen-bond acceptors (Lipinski definition) is 4. The summed E-state index contributed by atoms with van der Waals surface area (Å²) in [6.45, 7) is 40.8. The molecular formula is C134H121BN4. The molecule has 0 bridgehead atoms. The fourth-order valence-corrected chi connectivity index (χ4v) is 22.0. The lowest BCUT2D eigenvalue weighted by molar-refractivity contribution is 0.590. The van der Waals surface area contributed by atoms with Gasteiger partial charge >= 0.3 is 0 Å². The van der Waals surface area contributed by atoms with E-state index in [1.807, 2.05) is 0 Å². The third-order valence-electron chi connectivity index (χ3n) is 29.0. The number of benzene rings is 19. The molecule has 19 aromatic carbocycles. The van der Waals surface area contributed by atoms with Crippen LogP contribution in [0.1, 0.15) is 139 Å². The van der Waals surface area contributed by atoms with Crippen molar-refractivity contribution in [1.82, 2.24) is 0 Å². The Balaban J connectivity index is 0.939. The molecule has 0 spiro atoms. The molecule has 2 aliphatic heterocycles. The summed E-state index contributed by atoms with van der Waals surface area (Å²) in [5.41, 5.74) is 48.9. The lowest BCUT2D eigenvalue weighted by atomic mass is 9.33. The van der Waals surface area contributed by atoms with E-state index in [0.29, 0.717) is 0 Å². The van der Waals surface area contributed by atoms with Crippen molar-refractivity contribution in [2.75, 3.05) is 19.6 Å². The first-order chi connectivity index (χ1) is 66.9. The molecule has 2 heterocycles. The molecule has 0 aromatic heterocycles. The lowest BCUT2D eigenvalue weighted by Gasteiger charge is -2.46. The fraction of sp³-hybridized carbons (Fsp3) is 0.164. The molecule has 21 rings (SSSR count). The third kappa shape index (κ3) is 17.1. The summed E-state index contributed by atoms with van der Waals surface area (Å²) < 4.78 is 0. The van der Waals surface area contributed by atoms with Gasteiger partial charge in [-0.2, -0.15) is 0 Å². The lowest BCUT2D eigenvalue weighted by Crippen LogP contribution is -2.61. The quantitative estimate of drug-likeness (QED) is 0.0843. The Kier molecular flexibility index (Phi) is 23.1. The predicted octanol–water partition coefficient (Wildman–Crippen LogP) is 35.9. The molecule has 4 nitrogen and oxygen atoms in total. The Morgan fingerprint density at radius 3 is 0.813 bits per heavy atom. The van der Waals surface area contributed by atoms with Gasteiger partial charge in [-0.1, -0.05) is 416 Å². The smallest absolute Gasteiger partial charge is 0.252 e. The fourth-order valence-electron chi connectivity index (χ4n) is 22.0. The molecular weight excluding hydrogens is 1680 g/mol. The molecule has 0 aliphatic carbocycles. The molecule has 19 aromatic rings. The Hall–Kier alpha value is -15.3. The second-order valence-electron chi connectivity index (χ2n) is 42.9. The molecule has 680 valence electrons. The number of anilines is 12. The van der Waals surface area contributed by atoms with Gasteiger partial charge in [0.15, 0.2) is 0 Å². The van der Waals surface area contributed by atoms with Crippen LogP contribution < -0.4 is 36.0 Å². The van der Waals surface area contributed by atoms with Gasteiger partial charge in [0.25, 0.3) is 6.71 Å². The summed E-state index contributed by atoms with van der Waals surface area (Å²) >= 11 is 0. The minimum absolute atomic E-state index is 0.0264. The van der Waals surface area contributed by atoms with Crippen LogP contribution in [0.15, 0.2) is 406 Å². The van der Waals surface area contributed by atoms with Crippen LogP contribution in [-0.4, -0.2) is 6.71 Å². The van der Waals surface area contributed by atoms with Gasteiger partial charge in [-0.15, -0.1) is 0 Å². The van der Waals surface area contributed by atoms with Gasteiger partial charge in [0.1, 0.15) is 0 Å². The highest BCUT2D eigenvalue weighted by Gasteiger charge is 2.47. The topological polar surface area (TPSA) is 13.0 Å². The number of aryl methyl sites for hydroxylation is 6. The summed E-state index contributed by atoms with van der Waals surface area (Å²) in [5.74, 6) is 0. The second-order valence-corrected chi connectivity index (χ2v) is 42.9. The first-order valence-electron chi connectivity index (χ1n) is 49.4. The van der Waals surface area contributed by atoms with E-state index in [1.165, 1.54) is 72.0 Å². The Bertz CT molecular complexity index is 7230. The first-order valence-corrected chi connectivity index (χ1v) is 49.4. The van der Waals surface area contributed by atoms with Gasteiger partial charge in [0.05, 0.1) is 22.7 Å². The zero-order valence-electron chi connectivity index (χ0n) is 83.5. The monoisotopic (exact) mass is 1800 g/mol. The van der Waals surface area contributed by atoms with Crippen LogP contribution in [0.4, 0.5) is 68.2 Å². The van der Waals surface area contributed by atoms with E-state index >= 15 is 0 Å². The molecule has 0 radical (unpaired) electrons. The van der Waals surface area contributed by atoms with Gasteiger partial charge in [0, 0.05) is 67.8 Å². The third-order valence-corrected chi connectivity index (χ3v) is 29.0. The van der Waals surface area contributed by atoms with E-state index in [9.17, 15) is 0 Å². The maximum atomic E-state index is 2.76. The van der Waals surface area contributed by atoms with Gasteiger partial charge < -0.3 is 19.6 Å². The van der Waals surface area contributed by atoms with Crippen LogP contribution in [0, 0.1) is 41.5 Å². The molecule has 0 saturated carbocycles. The van der Waals surface area contributed by atoms with Crippen LogP contribution in [0.3, 0.4) is 0 Å². The average Bonchev–Trinajstić information content (AvgIpc) is 0.683. The van der Waals surface area contributed by atoms with Crippen LogP contribution in [0.25, 0.3) is 111 Å². The van der Waals surface area contributed by atoms with Gasteiger partial charge in [0.2, 0.25) is 0 Å². The zero-order chi connectivity index (χ0) is 96.2. The van der Waals surface area contributed by atoms with Gasteiger partial charge in [-0.25, -0.2) is 0 Å². The highest BCUT2D eigenvalue weighted by molar-refractivity contribution is 7.00. The molecule has 0 N–H and O–H groups in total. The van der Waals surface area contributed by atoms with Crippen LogP contribution in [0.2, 0.25) is 0 Å². The minimum atomic E-state index is -0.392. The number of para-hydroxylation sites is 4. The van der Waals surface area contributed by atoms with Crippen LogP contribution in [0.5, 0.6) is 0 Å². The Morgan fingerprint density at radius 1 is 0.209 bits per heavy atom. The van der Waals surface area contributed by atoms with Crippen LogP contribution in [-0.2, 0) is 21.7 Å². The van der Waals surface area contributed by atoms with Crippen molar-refractivity contribution in [3.05, 3.63) is 462 Å². The number of nitrogens with zero attached hydrogens (tertiary/aromatic N) is 4. The summed E-state index contributed by atoms with van der Waals surface area (Å²) in [6.07, 6.45) is 0. The molecule has 0 saturated heterocycles. The standard InChI is InChI=1S/C134H121BN4/c1-86-74-88(3)127(89(4)75-86)136(110-44-21-19-22-45-110)112-70-72-120-122(84-112)138(129-116(101-40-27-36-97(78-101)92-54-62-106(63-55-92)131(7,8)9)50-32-51-117(129)102-41-28-37-98(79-102)93-56-64-107(65-57-93)132(10,11)12)124-82-105(115-49-31-35-96-34-25-26-48-114(96)115)83-125-126(124)135(120)121-73-71-113(137(111-46-23-20-24-47-111)128-90(5)76-87(2)77-91(128)6)85-123(121)139(125)130-118(103-42-29-38-99(80-103)94-58-66-108(67-59-94)133(13,14)15)52-33-53-119(130)104-43-30-39-100(81-104)95-60-68-109(69-61-95)134(16,17)18/h19-85H,1-18H3. The molecule has 0 atom stereocenters. The maximum Gasteiger partial charge on any atom is 0.252 e. The van der Waals surface area contributed by atoms with E-state index in [0.717, 1.165) is 179 Å². The maximum absolute atomic E-state index is 2.76. The number of hydrogen-bond donors (Lipinski definition) is 0. The van der Waals surface area contributed by atoms with E-state index in [1.54, 1.807) is 0 Å². The van der Waals surface area contributed by atoms with Crippen molar-refractivity contribution in [2.24, 2.45) is 0 Å². The van der Waals surface area contributed by atoms with Gasteiger partial charge in [-0.3, -0.25) is 0 Å². The van der Waals surface area contributed by atoms with Crippen molar-refractivity contribution in [3.63, 3.8) is 0 Å². The Labute approximate surface area is 824 Å². The van der Waals surface area contributed by atoms with E-state index in [4.69, 9.17) is 0 Å². The number of fused-ring (bicyclic) bond motifs is 5. The van der Waals surface area contributed by atoms with Crippen molar-refractivity contribution in [2.45, 2.75) is 146 Å².